The van der Waals surface area contributed by atoms with Gasteiger partial charge in [-0.15, -0.1) is 0 Å². The Morgan fingerprint density at radius 3 is 2.93 bits per heavy atom. The number of hydrogen-bond donors (Lipinski definition) is 1. The molecule has 0 saturated carbocycles. The zero-order chi connectivity index (χ0) is 9.97. The average Bonchev–Trinajstić information content (AvgIpc) is 2.66. The van der Waals surface area contributed by atoms with Crippen LogP contribution in [0.25, 0.3) is 5.69 Å². The number of benzene rings is 1. The van der Waals surface area contributed by atoms with E-state index in [1.54, 1.807) is 11.0 Å². The molecule has 72 valence electrons. The van der Waals surface area contributed by atoms with Gasteiger partial charge in [0.25, 0.3) is 0 Å². The second kappa shape index (κ2) is 3.59. The minimum atomic E-state index is 0.422. The van der Waals surface area contributed by atoms with Crippen molar-refractivity contribution in [3.8, 4) is 5.69 Å². The van der Waals surface area contributed by atoms with Crippen molar-refractivity contribution in [3.05, 3.63) is 41.7 Å². The number of rotatable bonds is 2. The highest BCUT2D eigenvalue weighted by atomic mass is 15.5. The maximum Gasteiger partial charge on any atom is 0.0967 e. The van der Waals surface area contributed by atoms with Gasteiger partial charge in [-0.05, 0) is 24.6 Å². The van der Waals surface area contributed by atoms with Crippen molar-refractivity contribution in [1.29, 1.82) is 0 Å². The van der Waals surface area contributed by atoms with Crippen LogP contribution in [0.3, 0.4) is 0 Å². The molecule has 4 heteroatoms. The van der Waals surface area contributed by atoms with Gasteiger partial charge < -0.3 is 5.73 Å². The molecule has 0 aliphatic rings. The summed E-state index contributed by atoms with van der Waals surface area (Å²) in [7, 11) is 0. The molecule has 0 saturated heterocycles. The first kappa shape index (κ1) is 8.90. The van der Waals surface area contributed by atoms with E-state index in [0.717, 1.165) is 11.4 Å². The largest absolute Gasteiger partial charge is 0.325 e. The lowest BCUT2D eigenvalue weighted by atomic mass is 10.2. The molecule has 2 rings (SSSR count). The summed E-state index contributed by atoms with van der Waals surface area (Å²) in [6.45, 7) is 2.46. The Morgan fingerprint density at radius 1 is 1.43 bits per heavy atom. The molecule has 0 aliphatic heterocycles. The quantitative estimate of drug-likeness (QED) is 0.766. The van der Waals surface area contributed by atoms with E-state index in [-0.39, 0.29) is 0 Å². The predicted molar refractivity (Wildman–Crippen MR) is 54.0 cm³/mol. The van der Waals surface area contributed by atoms with E-state index in [1.807, 2.05) is 31.2 Å². The van der Waals surface area contributed by atoms with E-state index < -0.39 is 0 Å². The third-order valence-corrected chi connectivity index (χ3v) is 1.98. The minimum absolute atomic E-state index is 0.422. The molecule has 0 amide bonds. The Bertz CT molecular complexity index is 433. The summed E-state index contributed by atoms with van der Waals surface area (Å²) in [5, 5.41) is 8.34. The van der Waals surface area contributed by atoms with Gasteiger partial charge >= 0.3 is 0 Å². The first-order chi connectivity index (χ1) is 6.79. The zero-order valence-corrected chi connectivity index (χ0v) is 8.01. The Morgan fingerprint density at radius 2 is 2.29 bits per heavy atom. The van der Waals surface area contributed by atoms with Crippen LogP contribution >= 0.6 is 0 Å². The number of aryl methyl sites for hydroxylation is 1. The van der Waals surface area contributed by atoms with Gasteiger partial charge in [-0.2, -0.15) is 15.0 Å². The predicted octanol–water partition coefficient (Wildman–Crippen LogP) is 1.03. The maximum absolute atomic E-state index is 5.46. The molecule has 1 heterocycles. The summed E-state index contributed by atoms with van der Waals surface area (Å²) in [5.74, 6) is 0. The van der Waals surface area contributed by atoms with E-state index in [0.29, 0.717) is 6.54 Å². The Balaban J connectivity index is 2.39. The van der Waals surface area contributed by atoms with Crippen LogP contribution in [0, 0.1) is 6.92 Å². The summed E-state index contributed by atoms with van der Waals surface area (Å²) in [5.41, 5.74) is 8.40. The molecule has 0 atom stereocenters. The number of nitrogens with zero attached hydrogens (tertiary/aromatic N) is 3. The molecule has 0 bridgehead atoms. The summed E-state index contributed by atoms with van der Waals surface area (Å²) in [6, 6.07) is 8.01. The zero-order valence-electron chi connectivity index (χ0n) is 8.01. The molecular weight excluding hydrogens is 176 g/mol. The van der Waals surface area contributed by atoms with Gasteiger partial charge in [0.2, 0.25) is 0 Å². The highest BCUT2D eigenvalue weighted by Gasteiger charge is 2.00. The van der Waals surface area contributed by atoms with Crippen LogP contribution in [0.4, 0.5) is 0 Å². The van der Waals surface area contributed by atoms with Gasteiger partial charge in [-0.25, -0.2) is 0 Å². The molecule has 0 aliphatic carbocycles. The second-order valence-electron chi connectivity index (χ2n) is 3.17. The van der Waals surface area contributed by atoms with E-state index in [4.69, 9.17) is 5.73 Å². The normalized spacial score (nSPS) is 10.4. The van der Waals surface area contributed by atoms with Crippen LogP contribution in [-0.2, 0) is 6.54 Å². The van der Waals surface area contributed by atoms with Gasteiger partial charge in [0, 0.05) is 6.54 Å². The fourth-order valence-electron chi connectivity index (χ4n) is 1.26. The SMILES string of the molecule is Cc1cccc(-n2ncc(CN)n2)c1. The van der Waals surface area contributed by atoms with Crippen LogP contribution in [0.5, 0.6) is 0 Å². The molecule has 0 radical (unpaired) electrons. The van der Waals surface area contributed by atoms with Gasteiger partial charge in [0.05, 0.1) is 17.6 Å². The van der Waals surface area contributed by atoms with Crippen molar-refractivity contribution in [1.82, 2.24) is 15.0 Å². The minimum Gasteiger partial charge on any atom is -0.325 e. The van der Waals surface area contributed by atoms with Crippen molar-refractivity contribution in [3.63, 3.8) is 0 Å². The van der Waals surface area contributed by atoms with E-state index in [9.17, 15) is 0 Å². The van der Waals surface area contributed by atoms with E-state index >= 15 is 0 Å². The molecule has 2 aromatic rings. The van der Waals surface area contributed by atoms with Crippen LogP contribution in [0.2, 0.25) is 0 Å². The van der Waals surface area contributed by atoms with Crippen molar-refractivity contribution >= 4 is 0 Å². The highest BCUT2D eigenvalue weighted by Crippen LogP contribution is 2.07. The smallest absolute Gasteiger partial charge is 0.0967 e. The topological polar surface area (TPSA) is 56.7 Å². The van der Waals surface area contributed by atoms with Crippen molar-refractivity contribution < 1.29 is 0 Å². The molecule has 14 heavy (non-hydrogen) atoms. The van der Waals surface area contributed by atoms with Gasteiger partial charge in [-0.1, -0.05) is 12.1 Å². The Labute approximate surface area is 82.4 Å². The van der Waals surface area contributed by atoms with Crippen LogP contribution in [-0.4, -0.2) is 15.0 Å². The highest BCUT2D eigenvalue weighted by molar-refractivity contribution is 5.33. The molecular formula is C10H12N4. The first-order valence-electron chi connectivity index (χ1n) is 4.48. The first-order valence-corrected chi connectivity index (χ1v) is 4.48. The molecule has 1 aromatic heterocycles. The fourth-order valence-corrected chi connectivity index (χ4v) is 1.26. The number of hydrogen-bond acceptors (Lipinski definition) is 3. The second-order valence-corrected chi connectivity index (χ2v) is 3.17. The summed E-state index contributed by atoms with van der Waals surface area (Å²) in [6.07, 6.45) is 1.68. The molecule has 0 spiro atoms. The Hall–Kier alpha value is -1.68. The standard InChI is InChI=1S/C10H12N4/c1-8-3-2-4-10(5-8)14-12-7-9(6-11)13-14/h2-5,7H,6,11H2,1H3. The monoisotopic (exact) mass is 188 g/mol. The van der Waals surface area contributed by atoms with Crippen LogP contribution in [0.1, 0.15) is 11.3 Å². The van der Waals surface area contributed by atoms with E-state index in [1.165, 1.54) is 5.56 Å². The summed E-state index contributed by atoms with van der Waals surface area (Å²) in [4.78, 5) is 1.59. The summed E-state index contributed by atoms with van der Waals surface area (Å²) >= 11 is 0. The van der Waals surface area contributed by atoms with Gasteiger partial charge in [0.1, 0.15) is 0 Å². The van der Waals surface area contributed by atoms with Gasteiger partial charge in [-0.3, -0.25) is 0 Å². The maximum atomic E-state index is 5.46. The lowest BCUT2D eigenvalue weighted by Crippen LogP contribution is -2.01. The molecule has 0 unspecified atom stereocenters. The Kier molecular flexibility index (Phi) is 2.28. The lowest BCUT2D eigenvalue weighted by Gasteiger charge is -1.99. The van der Waals surface area contributed by atoms with Crippen LogP contribution < -0.4 is 5.73 Å². The average molecular weight is 188 g/mol. The molecule has 0 fully saturated rings. The number of nitrogens with two attached hydrogens (primary N) is 1. The lowest BCUT2D eigenvalue weighted by molar-refractivity contribution is 0.737. The van der Waals surface area contributed by atoms with Gasteiger partial charge in [0.15, 0.2) is 0 Å². The number of aromatic nitrogens is 3. The van der Waals surface area contributed by atoms with Crippen molar-refractivity contribution in [2.24, 2.45) is 5.73 Å². The molecule has 2 N–H and O–H groups in total. The van der Waals surface area contributed by atoms with E-state index in [2.05, 4.69) is 10.2 Å². The fraction of sp³-hybridized carbons (Fsp3) is 0.200. The van der Waals surface area contributed by atoms with Crippen molar-refractivity contribution in [2.45, 2.75) is 13.5 Å². The van der Waals surface area contributed by atoms with Crippen molar-refractivity contribution in [2.75, 3.05) is 0 Å². The molecule has 1 aromatic carbocycles. The molecule has 4 nitrogen and oxygen atoms in total. The van der Waals surface area contributed by atoms with Crippen LogP contribution in [0.15, 0.2) is 30.5 Å². The summed E-state index contributed by atoms with van der Waals surface area (Å²) < 4.78 is 0. The third-order valence-electron chi connectivity index (χ3n) is 1.98. The third kappa shape index (κ3) is 1.65.